The molecular formula is C43H42N6O6. The van der Waals surface area contributed by atoms with Crippen LogP contribution in [0.1, 0.15) is 72.8 Å². The zero-order valence-electron chi connectivity index (χ0n) is 30.3. The largest absolute Gasteiger partial charge is 0.496 e. The van der Waals surface area contributed by atoms with Gasteiger partial charge in [0.05, 0.1) is 43.0 Å². The second-order valence-corrected chi connectivity index (χ2v) is 13.9. The maximum absolute atomic E-state index is 13.4. The third-order valence-electron chi connectivity index (χ3n) is 10.5. The van der Waals surface area contributed by atoms with Crippen molar-refractivity contribution in [3.63, 3.8) is 0 Å². The molecule has 4 atom stereocenters. The second kappa shape index (κ2) is 15.6. The number of nitrogens with one attached hydrogen (secondary N) is 2. The molecule has 2 fully saturated rings. The lowest BCUT2D eigenvalue weighted by Gasteiger charge is -2.26. The van der Waals surface area contributed by atoms with Crippen LogP contribution in [0.15, 0.2) is 116 Å². The number of ether oxygens (including phenoxy) is 2. The van der Waals surface area contributed by atoms with E-state index in [1.165, 1.54) is 0 Å². The fraction of sp³-hybridized carbons (Fsp3) is 0.256. The van der Waals surface area contributed by atoms with Crippen molar-refractivity contribution in [2.45, 2.75) is 50.0 Å². The van der Waals surface area contributed by atoms with Gasteiger partial charge in [0, 0.05) is 18.7 Å². The molecule has 0 aliphatic carbocycles. The number of H-pyrrole nitrogens is 2. The maximum atomic E-state index is 13.4. The molecule has 8 rings (SSSR count). The number of rotatable bonds is 11. The number of methoxy groups -OCH3 is 1. The molecule has 6 aromatic rings. The summed E-state index contributed by atoms with van der Waals surface area (Å²) in [6, 6.07) is 30.6. The first-order valence-corrected chi connectivity index (χ1v) is 18.5. The molecule has 55 heavy (non-hydrogen) atoms. The van der Waals surface area contributed by atoms with E-state index in [-0.39, 0.29) is 23.9 Å². The molecule has 2 aromatic heterocycles. The predicted octanol–water partition coefficient (Wildman–Crippen LogP) is 7.06. The lowest BCUT2D eigenvalue weighted by molar-refractivity contribution is -0.142. The van der Waals surface area contributed by atoms with Crippen LogP contribution in [-0.2, 0) is 9.59 Å². The molecule has 0 saturated carbocycles. The highest BCUT2D eigenvalue weighted by Gasteiger charge is 2.37. The SMILES string of the molecule is COc1ccc(Oc2ccc(-c3cnc(C4CCCN4C(=O)C(O)c4ccccc4)[nH]3)cc2)cc1-c1cnc(C2CCCN2C(=O)C(O)c2ccccc2)[nH]1. The van der Waals surface area contributed by atoms with Crippen LogP contribution in [0, 0.1) is 0 Å². The summed E-state index contributed by atoms with van der Waals surface area (Å²) in [4.78, 5) is 46.1. The Morgan fingerprint density at radius 2 is 1.20 bits per heavy atom. The number of carbonyl (C=O) groups excluding carboxylic acids is 2. The maximum Gasteiger partial charge on any atom is 0.256 e. The van der Waals surface area contributed by atoms with Crippen molar-refractivity contribution in [3.05, 3.63) is 138 Å². The van der Waals surface area contributed by atoms with Crippen LogP contribution < -0.4 is 9.47 Å². The van der Waals surface area contributed by atoms with E-state index in [1.807, 2.05) is 66.7 Å². The van der Waals surface area contributed by atoms with E-state index in [9.17, 15) is 19.8 Å². The van der Waals surface area contributed by atoms with Gasteiger partial charge in [-0.2, -0.15) is 0 Å². The first kappa shape index (κ1) is 35.8. The van der Waals surface area contributed by atoms with E-state index < -0.39 is 12.2 Å². The second-order valence-electron chi connectivity index (χ2n) is 13.9. The summed E-state index contributed by atoms with van der Waals surface area (Å²) < 4.78 is 12.0. The molecule has 2 amide bonds. The Morgan fingerprint density at radius 3 is 1.75 bits per heavy atom. The lowest BCUT2D eigenvalue weighted by Crippen LogP contribution is -2.35. The molecule has 4 N–H and O–H groups in total. The van der Waals surface area contributed by atoms with E-state index in [0.717, 1.165) is 42.5 Å². The number of aliphatic hydroxyl groups is 2. The highest BCUT2D eigenvalue weighted by atomic mass is 16.5. The van der Waals surface area contributed by atoms with Crippen LogP contribution in [-0.4, -0.2) is 72.0 Å². The number of likely N-dealkylation sites (tertiary alicyclic amines) is 2. The fourth-order valence-corrected chi connectivity index (χ4v) is 7.59. The minimum Gasteiger partial charge on any atom is -0.496 e. The zero-order valence-corrected chi connectivity index (χ0v) is 30.3. The van der Waals surface area contributed by atoms with Crippen LogP contribution in [0.25, 0.3) is 22.5 Å². The van der Waals surface area contributed by atoms with Gasteiger partial charge in [0.25, 0.3) is 11.8 Å². The summed E-state index contributed by atoms with van der Waals surface area (Å²) >= 11 is 0. The summed E-state index contributed by atoms with van der Waals surface area (Å²) in [5.74, 6) is 2.51. The van der Waals surface area contributed by atoms with E-state index >= 15 is 0 Å². The minimum absolute atomic E-state index is 0.246. The van der Waals surface area contributed by atoms with Gasteiger partial charge in [0.1, 0.15) is 28.9 Å². The third-order valence-corrected chi connectivity index (χ3v) is 10.5. The quantitative estimate of drug-likeness (QED) is 0.110. The van der Waals surface area contributed by atoms with Crippen molar-refractivity contribution in [2.75, 3.05) is 20.2 Å². The van der Waals surface area contributed by atoms with Crippen molar-refractivity contribution in [1.29, 1.82) is 0 Å². The van der Waals surface area contributed by atoms with Gasteiger partial charge in [-0.25, -0.2) is 9.97 Å². The Kier molecular flexibility index (Phi) is 10.2. The number of imidazole rings is 2. The van der Waals surface area contributed by atoms with Gasteiger partial charge in [-0.3, -0.25) is 9.59 Å². The molecule has 4 heterocycles. The lowest BCUT2D eigenvalue weighted by atomic mass is 10.1. The van der Waals surface area contributed by atoms with Crippen molar-refractivity contribution in [1.82, 2.24) is 29.7 Å². The fourth-order valence-electron chi connectivity index (χ4n) is 7.59. The Hall–Kier alpha value is -6.24. The molecule has 0 radical (unpaired) electrons. The number of hydrogen-bond donors (Lipinski definition) is 4. The smallest absolute Gasteiger partial charge is 0.256 e. The molecule has 2 saturated heterocycles. The zero-order chi connectivity index (χ0) is 37.9. The number of hydrogen-bond acceptors (Lipinski definition) is 8. The van der Waals surface area contributed by atoms with Gasteiger partial charge in [0.2, 0.25) is 0 Å². The van der Waals surface area contributed by atoms with Gasteiger partial charge in [-0.05, 0) is 84.8 Å². The standard InChI is InChI=1S/C43H42N6O6/c1-54-37-21-20-31(24-32(37)34-26-45-41(47-34)36-15-9-23-49(36)43(53)39(51)29-12-6-3-7-13-29)55-30-18-16-27(17-19-30)33-25-44-40(46-33)35-14-8-22-48(35)42(52)38(50)28-10-4-2-5-11-28/h2-7,10-13,16-21,24-26,35-36,38-39,50-51H,8-9,14-15,22-23H2,1H3,(H,44,46)(H,45,47). The Morgan fingerprint density at radius 1 is 0.691 bits per heavy atom. The number of nitrogens with zero attached hydrogens (tertiary/aromatic N) is 4. The molecule has 4 unspecified atom stereocenters. The molecule has 2 aliphatic heterocycles. The van der Waals surface area contributed by atoms with E-state index in [2.05, 4.69) is 19.9 Å². The molecule has 4 aromatic carbocycles. The van der Waals surface area contributed by atoms with E-state index in [1.54, 1.807) is 65.7 Å². The van der Waals surface area contributed by atoms with Gasteiger partial charge < -0.3 is 39.5 Å². The Balaban J connectivity index is 0.944. The first-order valence-electron chi connectivity index (χ1n) is 18.5. The number of amides is 2. The molecule has 12 nitrogen and oxygen atoms in total. The summed E-state index contributed by atoms with van der Waals surface area (Å²) in [5, 5.41) is 21.6. The summed E-state index contributed by atoms with van der Waals surface area (Å²) in [7, 11) is 1.61. The summed E-state index contributed by atoms with van der Waals surface area (Å²) in [6.07, 6.45) is 4.16. The van der Waals surface area contributed by atoms with Crippen LogP contribution in [0.5, 0.6) is 17.2 Å². The van der Waals surface area contributed by atoms with Gasteiger partial charge >= 0.3 is 0 Å². The third kappa shape index (κ3) is 7.34. The van der Waals surface area contributed by atoms with Crippen LogP contribution >= 0.6 is 0 Å². The van der Waals surface area contributed by atoms with Crippen molar-refractivity contribution in [3.8, 4) is 39.8 Å². The normalized spacial score (nSPS) is 17.9. The van der Waals surface area contributed by atoms with Gasteiger partial charge in [0.15, 0.2) is 12.2 Å². The summed E-state index contributed by atoms with van der Waals surface area (Å²) in [6.45, 7) is 1.10. The summed E-state index contributed by atoms with van der Waals surface area (Å²) in [5.41, 5.74) is 4.31. The molecule has 0 bridgehead atoms. The monoisotopic (exact) mass is 738 g/mol. The van der Waals surface area contributed by atoms with Gasteiger partial charge in [-0.1, -0.05) is 60.7 Å². The molecule has 0 spiro atoms. The van der Waals surface area contributed by atoms with Crippen LogP contribution in [0.3, 0.4) is 0 Å². The highest BCUT2D eigenvalue weighted by molar-refractivity contribution is 5.83. The molecular weight excluding hydrogens is 697 g/mol. The van der Waals surface area contributed by atoms with Crippen molar-refractivity contribution < 1.29 is 29.3 Å². The van der Waals surface area contributed by atoms with E-state index in [0.29, 0.717) is 58.8 Å². The Labute approximate surface area is 318 Å². The highest BCUT2D eigenvalue weighted by Crippen LogP contribution is 2.38. The molecule has 2 aliphatic rings. The predicted molar refractivity (Wildman–Crippen MR) is 205 cm³/mol. The molecule has 12 heteroatoms. The van der Waals surface area contributed by atoms with Crippen LogP contribution in [0.2, 0.25) is 0 Å². The van der Waals surface area contributed by atoms with Crippen molar-refractivity contribution >= 4 is 11.8 Å². The average Bonchev–Trinajstić information content (AvgIpc) is 4.08. The number of aromatic nitrogens is 4. The topological polar surface area (TPSA) is 157 Å². The van der Waals surface area contributed by atoms with Crippen LogP contribution in [0.4, 0.5) is 0 Å². The minimum atomic E-state index is -1.24. The number of aromatic amines is 2. The Bertz CT molecular complexity index is 2260. The number of aliphatic hydroxyl groups excluding tert-OH is 2. The number of benzene rings is 4. The van der Waals surface area contributed by atoms with E-state index in [4.69, 9.17) is 9.47 Å². The van der Waals surface area contributed by atoms with Crippen molar-refractivity contribution in [2.24, 2.45) is 0 Å². The average molecular weight is 739 g/mol. The number of carbonyl (C=O) groups is 2. The first-order chi connectivity index (χ1) is 26.9. The van der Waals surface area contributed by atoms with Gasteiger partial charge in [-0.15, -0.1) is 0 Å². The molecule has 280 valence electrons.